The molecular formula is C12H17Cl2NO. The third-order valence-electron chi connectivity index (χ3n) is 2.27. The lowest BCUT2D eigenvalue weighted by Crippen LogP contribution is -2.15. The Labute approximate surface area is 107 Å². The van der Waals surface area contributed by atoms with Gasteiger partial charge in [0.15, 0.2) is 0 Å². The summed E-state index contributed by atoms with van der Waals surface area (Å²) in [7, 11) is 1.95. The van der Waals surface area contributed by atoms with Crippen molar-refractivity contribution < 1.29 is 4.74 Å². The summed E-state index contributed by atoms with van der Waals surface area (Å²) in [5, 5.41) is 4.19. The number of hydrogen-bond donors (Lipinski definition) is 1. The van der Waals surface area contributed by atoms with Gasteiger partial charge in [0.2, 0.25) is 0 Å². The first-order valence-electron chi connectivity index (χ1n) is 5.39. The predicted molar refractivity (Wildman–Crippen MR) is 69.7 cm³/mol. The fourth-order valence-corrected chi connectivity index (χ4v) is 1.70. The molecule has 0 bridgehead atoms. The molecule has 4 heteroatoms. The van der Waals surface area contributed by atoms with Crippen molar-refractivity contribution in [3.8, 4) is 5.75 Å². The van der Waals surface area contributed by atoms with Gasteiger partial charge >= 0.3 is 0 Å². The summed E-state index contributed by atoms with van der Waals surface area (Å²) in [5.74, 6) is 0.770. The summed E-state index contributed by atoms with van der Waals surface area (Å²) >= 11 is 11.7. The molecule has 0 spiro atoms. The van der Waals surface area contributed by atoms with Crippen molar-refractivity contribution in [2.24, 2.45) is 0 Å². The second kappa shape index (κ2) is 7.00. The second-order valence-corrected chi connectivity index (χ2v) is 4.56. The van der Waals surface area contributed by atoms with Gasteiger partial charge in [-0.2, -0.15) is 0 Å². The van der Waals surface area contributed by atoms with Crippen molar-refractivity contribution in [3.05, 3.63) is 28.2 Å². The van der Waals surface area contributed by atoms with Crippen LogP contribution in [0.25, 0.3) is 0 Å². The molecule has 0 aromatic heterocycles. The van der Waals surface area contributed by atoms with Gasteiger partial charge in [-0.25, -0.2) is 0 Å². The fraction of sp³-hybridized carbons (Fsp3) is 0.500. The Balaban J connectivity index is 2.43. The standard InChI is InChI=1S/C12H17Cl2NO/c1-9(4-3-7-15-2)16-10-5-6-11(13)12(14)8-10/h5-6,8-9,15H,3-4,7H2,1-2H3. The Hall–Kier alpha value is -0.440. The minimum absolute atomic E-state index is 0.186. The van der Waals surface area contributed by atoms with Crippen LogP contribution < -0.4 is 10.1 Å². The molecule has 0 saturated heterocycles. The van der Waals surface area contributed by atoms with Crippen molar-refractivity contribution in [2.75, 3.05) is 13.6 Å². The molecule has 0 aliphatic carbocycles. The van der Waals surface area contributed by atoms with Crippen LogP contribution in [0.15, 0.2) is 18.2 Å². The first-order valence-corrected chi connectivity index (χ1v) is 6.15. The zero-order chi connectivity index (χ0) is 12.0. The van der Waals surface area contributed by atoms with Crippen LogP contribution in [0.3, 0.4) is 0 Å². The van der Waals surface area contributed by atoms with Crippen LogP contribution in [0.4, 0.5) is 0 Å². The Morgan fingerprint density at radius 1 is 1.31 bits per heavy atom. The van der Waals surface area contributed by atoms with Gasteiger partial charge in [-0.3, -0.25) is 0 Å². The molecule has 0 aliphatic rings. The summed E-state index contributed by atoms with van der Waals surface area (Å²) in [6.07, 6.45) is 2.30. The lowest BCUT2D eigenvalue weighted by molar-refractivity contribution is 0.208. The molecule has 1 rings (SSSR count). The van der Waals surface area contributed by atoms with E-state index in [1.165, 1.54) is 0 Å². The van der Waals surface area contributed by atoms with Crippen molar-refractivity contribution >= 4 is 23.2 Å². The van der Waals surface area contributed by atoms with Gasteiger partial charge in [0.25, 0.3) is 0 Å². The molecule has 0 aliphatic heterocycles. The molecule has 0 saturated carbocycles. The Morgan fingerprint density at radius 2 is 2.06 bits per heavy atom. The van der Waals surface area contributed by atoms with E-state index in [2.05, 4.69) is 12.2 Å². The quantitative estimate of drug-likeness (QED) is 0.788. The van der Waals surface area contributed by atoms with Crippen LogP contribution in [0, 0.1) is 0 Å². The lowest BCUT2D eigenvalue weighted by atomic mass is 10.2. The van der Waals surface area contributed by atoms with E-state index in [4.69, 9.17) is 27.9 Å². The molecule has 1 N–H and O–H groups in total. The monoisotopic (exact) mass is 261 g/mol. The van der Waals surface area contributed by atoms with Gasteiger partial charge < -0.3 is 10.1 Å². The number of ether oxygens (including phenoxy) is 1. The van der Waals surface area contributed by atoms with Crippen molar-refractivity contribution in [1.82, 2.24) is 5.32 Å². The Morgan fingerprint density at radius 3 is 2.69 bits per heavy atom. The van der Waals surface area contributed by atoms with Gasteiger partial charge in [-0.05, 0) is 45.5 Å². The maximum atomic E-state index is 5.90. The minimum atomic E-state index is 0.186. The van der Waals surface area contributed by atoms with E-state index in [1.807, 2.05) is 13.1 Å². The van der Waals surface area contributed by atoms with Crippen molar-refractivity contribution in [2.45, 2.75) is 25.9 Å². The Kier molecular flexibility index (Phi) is 5.96. The highest BCUT2D eigenvalue weighted by molar-refractivity contribution is 6.42. The van der Waals surface area contributed by atoms with E-state index in [0.29, 0.717) is 10.0 Å². The fourth-order valence-electron chi connectivity index (χ4n) is 1.41. The normalized spacial score (nSPS) is 12.5. The first-order chi connectivity index (χ1) is 7.63. The van der Waals surface area contributed by atoms with Gasteiger partial charge in [0.1, 0.15) is 5.75 Å². The van der Waals surface area contributed by atoms with Crippen LogP contribution in [-0.2, 0) is 0 Å². The molecule has 0 radical (unpaired) electrons. The van der Waals surface area contributed by atoms with E-state index in [-0.39, 0.29) is 6.10 Å². The SMILES string of the molecule is CNCCCC(C)Oc1ccc(Cl)c(Cl)c1. The minimum Gasteiger partial charge on any atom is -0.491 e. The van der Waals surface area contributed by atoms with Crippen LogP contribution >= 0.6 is 23.2 Å². The maximum absolute atomic E-state index is 5.90. The highest BCUT2D eigenvalue weighted by Crippen LogP contribution is 2.27. The zero-order valence-corrected chi connectivity index (χ0v) is 11.1. The van der Waals surface area contributed by atoms with E-state index < -0.39 is 0 Å². The van der Waals surface area contributed by atoms with Crippen molar-refractivity contribution in [1.29, 1.82) is 0 Å². The highest BCUT2D eigenvalue weighted by atomic mass is 35.5. The van der Waals surface area contributed by atoms with Gasteiger partial charge in [-0.15, -0.1) is 0 Å². The largest absolute Gasteiger partial charge is 0.491 e. The van der Waals surface area contributed by atoms with Gasteiger partial charge in [0, 0.05) is 6.07 Å². The van der Waals surface area contributed by atoms with E-state index >= 15 is 0 Å². The molecular weight excluding hydrogens is 245 g/mol. The maximum Gasteiger partial charge on any atom is 0.121 e. The summed E-state index contributed by atoms with van der Waals surface area (Å²) in [6, 6.07) is 5.33. The predicted octanol–water partition coefficient (Wildman–Crippen LogP) is 3.76. The third kappa shape index (κ3) is 4.60. The van der Waals surface area contributed by atoms with Crippen molar-refractivity contribution in [3.63, 3.8) is 0 Å². The Bertz CT molecular complexity index is 331. The molecule has 0 amide bonds. The third-order valence-corrected chi connectivity index (χ3v) is 3.00. The molecule has 1 unspecified atom stereocenters. The van der Waals surface area contributed by atoms with E-state index in [9.17, 15) is 0 Å². The van der Waals surface area contributed by atoms with Crippen LogP contribution in [0.1, 0.15) is 19.8 Å². The van der Waals surface area contributed by atoms with E-state index in [0.717, 1.165) is 25.1 Å². The number of rotatable bonds is 6. The number of nitrogens with one attached hydrogen (secondary N) is 1. The first kappa shape index (κ1) is 13.6. The molecule has 1 aromatic carbocycles. The molecule has 0 fully saturated rings. The molecule has 1 aromatic rings. The summed E-state index contributed by atoms with van der Waals surface area (Å²) in [4.78, 5) is 0. The molecule has 1 atom stereocenters. The summed E-state index contributed by atoms with van der Waals surface area (Å²) < 4.78 is 5.73. The number of hydrogen-bond acceptors (Lipinski definition) is 2. The van der Waals surface area contributed by atoms with Crippen LogP contribution in [0.5, 0.6) is 5.75 Å². The molecule has 2 nitrogen and oxygen atoms in total. The average Bonchev–Trinajstić information content (AvgIpc) is 2.24. The van der Waals surface area contributed by atoms with Gasteiger partial charge in [0.05, 0.1) is 16.1 Å². The number of halogens is 2. The molecule has 0 heterocycles. The van der Waals surface area contributed by atoms with Crippen LogP contribution in [0.2, 0.25) is 10.0 Å². The highest BCUT2D eigenvalue weighted by Gasteiger charge is 2.05. The summed E-state index contributed by atoms with van der Waals surface area (Å²) in [6.45, 7) is 3.06. The lowest BCUT2D eigenvalue weighted by Gasteiger charge is -2.14. The van der Waals surface area contributed by atoms with Crippen LogP contribution in [-0.4, -0.2) is 19.7 Å². The average molecular weight is 262 g/mol. The number of benzene rings is 1. The van der Waals surface area contributed by atoms with E-state index in [1.54, 1.807) is 12.1 Å². The zero-order valence-electron chi connectivity index (χ0n) is 9.59. The molecule has 16 heavy (non-hydrogen) atoms. The topological polar surface area (TPSA) is 21.3 Å². The van der Waals surface area contributed by atoms with Gasteiger partial charge in [-0.1, -0.05) is 23.2 Å². The molecule has 90 valence electrons. The summed E-state index contributed by atoms with van der Waals surface area (Å²) in [5.41, 5.74) is 0. The second-order valence-electron chi connectivity index (χ2n) is 3.75. The smallest absolute Gasteiger partial charge is 0.121 e.